The first-order valence-corrected chi connectivity index (χ1v) is 13.1. The van der Waals surface area contributed by atoms with Gasteiger partial charge in [0.1, 0.15) is 18.3 Å². The Morgan fingerprint density at radius 3 is 2.22 bits per heavy atom. The van der Waals surface area contributed by atoms with Crippen molar-refractivity contribution < 1.29 is 47.6 Å². The minimum absolute atomic E-state index is 0.144. The predicted molar refractivity (Wildman–Crippen MR) is 126 cm³/mol. The maximum Gasteiger partial charge on any atom is 0.312 e. The molecular formula is C26H33ClO10. The van der Waals surface area contributed by atoms with Crippen LogP contribution < -0.4 is 0 Å². The molecule has 5 aliphatic rings. The Labute approximate surface area is 220 Å². The largest absolute Gasteiger partial charge is 0.462 e. The molecule has 10 nitrogen and oxygen atoms in total. The van der Waals surface area contributed by atoms with Crippen molar-refractivity contribution in [1.29, 1.82) is 0 Å². The summed E-state index contributed by atoms with van der Waals surface area (Å²) in [7, 11) is 0. The molecule has 4 saturated heterocycles. The van der Waals surface area contributed by atoms with Crippen LogP contribution in [-0.4, -0.2) is 77.6 Å². The van der Waals surface area contributed by atoms with Gasteiger partial charge in [0.2, 0.25) is 0 Å². The van der Waals surface area contributed by atoms with Crippen LogP contribution in [-0.2, 0) is 47.6 Å². The summed E-state index contributed by atoms with van der Waals surface area (Å²) in [5.74, 6) is -3.69. The number of halogens is 1. The van der Waals surface area contributed by atoms with Gasteiger partial charge in [0.25, 0.3) is 0 Å². The molecule has 0 aromatic heterocycles. The van der Waals surface area contributed by atoms with Gasteiger partial charge in [-0.25, -0.2) is 0 Å². The Bertz CT molecular complexity index is 1050. The Kier molecular flexibility index (Phi) is 6.20. The highest BCUT2D eigenvalue weighted by molar-refractivity contribution is 6.23. The molecule has 204 valence electrons. The number of epoxide rings is 1. The maximum atomic E-state index is 13.1. The second kappa shape index (κ2) is 8.68. The lowest BCUT2D eigenvalue weighted by atomic mass is 9.51. The summed E-state index contributed by atoms with van der Waals surface area (Å²) in [5.41, 5.74) is -2.87. The van der Waals surface area contributed by atoms with Gasteiger partial charge in [0.15, 0.2) is 11.7 Å². The summed E-state index contributed by atoms with van der Waals surface area (Å²) in [4.78, 5) is 50.3. The Hall–Kier alpha value is -2.17. The first-order valence-electron chi connectivity index (χ1n) is 12.6. The normalized spacial score (nSPS) is 48.1. The van der Waals surface area contributed by atoms with Crippen LogP contribution in [0.4, 0.5) is 0 Å². The standard InChI is InChI=1S/C26H33ClO10/c1-11-16-9-18(34-14(4)29)24(6)17(33-13(3)28)7-8-25(10-32-25)20(24)22(35-15(5)30)26(37-16)12(2)23(31)36-21(26)19(11)27/h12,16-22H,1,7-10H2,2-6H3/t12-,16+,17-,18+,19-,20+,21-,22+,24+,25-,26-/m0/s1. The molecule has 4 heterocycles. The average Bonchev–Trinajstić information content (AvgIpc) is 3.52. The smallest absolute Gasteiger partial charge is 0.312 e. The molecule has 5 rings (SSSR count). The van der Waals surface area contributed by atoms with Gasteiger partial charge in [-0.05, 0) is 25.3 Å². The topological polar surface area (TPSA) is 127 Å². The van der Waals surface area contributed by atoms with Crippen LogP contribution >= 0.6 is 11.6 Å². The first-order chi connectivity index (χ1) is 17.3. The van der Waals surface area contributed by atoms with Crippen molar-refractivity contribution in [3.63, 3.8) is 0 Å². The third-order valence-electron chi connectivity index (χ3n) is 9.15. The van der Waals surface area contributed by atoms with E-state index in [0.29, 0.717) is 25.0 Å². The highest BCUT2D eigenvalue weighted by atomic mass is 35.5. The van der Waals surface area contributed by atoms with Gasteiger partial charge in [-0.3, -0.25) is 19.2 Å². The molecule has 11 heteroatoms. The van der Waals surface area contributed by atoms with Gasteiger partial charge < -0.3 is 28.4 Å². The average molecular weight is 541 g/mol. The number of ether oxygens (including phenoxy) is 6. The molecule has 1 aliphatic carbocycles. The fourth-order valence-electron chi connectivity index (χ4n) is 7.42. The number of carbonyl (C=O) groups is 4. The summed E-state index contributed by atoms with van der Waals surface area (Å²) in [5, 5.41) is -0.836. The summed E-state index contributed by atoms with van der Waals surface area (Å²) in [6.07, 6.45) is -3.29. The van der Waals surface area contributed by atoms with E-state index in [2.05, 4.69) is 6.58 Å². The number of alkyl halides is 1. The number of hydrogen-bond donors (Lipinski definition) is 0. The molecule has 2 spiro atoms. The molecule has 0 aromatic carbocycles. The van der Waals surface area contributed by atoms with E-state index in [9.17, 15) is 19.2 Å². The molecule has 5 fully saturated rings. The molecule has 11 atom stereocenters. The van der Waals surface area contributed by atoms with Crippen molar-refractivity contribution in [1.82, 2.24) is 0 Å². The third kappa shape index (κ3) is 3.73. The van der Waals surface area contributed by atoms with E-state index in [1.54, 1.807) is 6.92 Å². The van der Waals surface area contributed by atoms with Gasteiger partial charge in [-0.1, -0.05) is 13.5 Å². The van der Waals surface area contributed by atoms with Crippen molar-refractivity contribution in [2.24, 2.45) is 17.3 Å². The van der Waals surface area contributed by atoms with E-state index < -0.39 is 88.2 Å². The van der Waals surface area contributed by atoms with Crippen molar-refractivity contribution in [2.45, 2.75) is 101 Å². The van der Waals surface area contributed by atoms with Gasteiger partial charge in [0.05, 0.1) is 35.0 Å². The van der Waals surface area contributed by atoms with Gasteiger partial charge in [0, 0.05) is 33.1 Å². The highest BCUT2D eigenvalue weighted by Crippen LogP contribution is 2.65. The lowest BCUT2D eigenvalue weighted by molar-refractivity contribution is -0.287. The summed E-state index contributed by atoms with van der Waals surface area (Å²) >= 11 is 6.87. The minimum atomic E-state index is -1.47. The summed E-state index contributed by atoms with van der Waals surface area (Å²) in [6.45, 7) is 11.9. The van der Waals surface area contributed by atoms with E-state index in [1.165, 1.54) is 20.8 Å². The highest BCUT2D eigenvalue weighted by Gasteiger charge is 2.78. The molecule has 0 unspecified atom stereocenters. The summed E-state index contributed by atoms with van der Waals surface area (Å²) in [6, 6.07) is 0. The number of fused-ring (bicyclic) bond motifs is 3. The Balaban J connectivity index is 1.78. The molecular weight excluding hydrogens is 508 g/mol. The van der Waals surface area contributed by atoms with E-state index in [1.807, 2.05) is 6.92 Å². The molecule has 0 amide bonds. The molecule has 2 bridgehead atoms. The zero-order chi connectivity index (χ0) is 27.1. The van der Waals surface area contributed by atoms with Crippen LogP contribution in [0.3, 0.4) is 0 Å². The molecule has 1 saturated carbocycles. The van der Waals surface area contributed by atoms with Crippen LogP contribution in [0, 0.1) is 17.3 Å². The van der Waals surface area contributed by atoms with Gasteiger partial charge in [-0.15, -0.1) is 11.6 Å². The lowest BCUT2D eigenvalue weighted by Crippen LogP contribution is -2.74. The fraction of sp³-hybridized carbons (Fsp3) is 0.769. The number of rotatable bonds is 3. The lowest BCUT2D eigenvalue weighted by Gasteiger charge is -2.61. The number of esters is 4. The zero-order valence-electron chi connectivity index (χ0n) is 21.6. The quantitative estimate of drug-likeness (QED) is 0.173. The second-order valence-corrected chi connectivity index (χ2v) is 11.7. The van der Waals surface area contributed by atoms with E-state index in [0.717, 1.165) is 0 Å². The Morgan fingerprint density at radius 1 is 1.05 bits per heavy atom. The zero-order valence-corrected chi connectivity index (χ0v) is 22.4. The van der Waals surface area contributed by atoms with Gasteiger partial charge in [-0.2, -0.15) is 0 Å². The summed E-state index contributed by atoms with van der Waals surface area (Å²) < 4.78 is 36.4. The maximum absolute atomic E-state index is 13.1. The molecule has 0 N–H and O–H groups in total. The van der Waals surface area contributed by atoms with E-state index in [4.69, 9.17) is 40.0 Å². The van der Waals surface area contributed by atoms with Crippen molar-refractivity contribution >= 4 is 35.5 Å². The van der Waals surface area contributed by atoms with Crippen molar-refractivity contribution in [2.75, 3.05) is 6.61 Å². The molecule has 37 heavy (non-hydrogen) atoms. The van der Waals surface area contributed by atoms with Crippen LogP contribution in [0.15, 0.2) is 12.2 Å². The van der Waals surface area contributed by atoms with E-state index in [-0.39, 0.29) is 6.42 Å². The first kappa shape index (κ1) is 26.4. The number of carbonyl (C=O) groups excluding carboxylic acids is 4. The van der Waals surface area contributed by atoms with Crippen molar-refractivity contribution in [3.05, 3.63) is 12.2 Å². The van der Waals surface area contributed by atoms with Crippen molar-refractivity contribution in [3.8, 4) is 0 Å². The van der Waals surface area contributed by atoms with Crippen LogP contribution in [0.5, 0.6) is 0 Å². The SMILES string of the molecule is C=C1[C@H]2C[C@@H](OC(C)=O)[C@@]3(C)[C@@H](OC(C)=O)CC[C@]4(CO4)[C@@H]3[C@@H](OC(C)=O)[C@]3(O2)[C@@H](C)C(=O)O[C@H]3[C@H]1Cl. The predicted octanol–water partition coefficient (Wildman–Crippen LogP) is 2.23. The van der Waals surface area contributed by atoms with Crippen LogP contribution in [0.1, 0.15) is 53.9 Å². The van der Waals surface area contributed by atoms with Crippen LogP contribution in [0.25, 0.3) is 0 Å². The van der Waals surface area contributed by atoms with Gasteiger partial charge >= 0.3 is 23.9 Å². The monoisotopic (exact) mass is 540 g/mol. The second-order valence-electron chi connectivity index (χ2n) is 11.2. The van der Waals surface area contributed by atoms with E-state index >= 15 is 0 Å². The third-order valence-corrected chi connectivity index (χ3v) is 9.66. The molecule has 0 aromatic rings. The minimum Gasteiger partial charge on any atom is -0.462 e. The fourth-order valence-corrected chi connectivity index (χ4v) is 7.81. The van der Waals surface area contributed by atoms with Crippen LogP contribution in [0.2, 0.25) is 0 Å². The molecule has 4 aliphatic heterocycles. The molecule has 0 radical (unpaired) electrons. The number of hydrogen-bond acceptors (Lipinski definition) is 10. The Morgan fingerprint density at radius 2 is 1.65 bits per heavy atom.